The third-order valence-electron chi connectivity index (χ3n) is 5.27. The number of rotatable bonds is 2. The predicted octanol–water partition coefficient (Wildman–Crippen LogP) is 3.71. The van der Waals surface area contributed by atoms with Crippen LogP contribution in [0.25, 0.3) is 0 Å². The molecule has 2 saturated heterocycles. The van der Waals surface area contributed by atoms with Gasteiger partial charge in [-0.2, -0.15) is 13.2 Å². The first-order chi connectivity index (χ1) is 11.9. The monoisotopic (exact) mass is 358 g/mol. The highest BCUT2D eigenvalue weighted by atomic mass is 19.4. The topological polar surface area (TPSA) is 32.3 Å². The van der Waals surface area contributed by atoms with Gasteiger partial charge in [-0.3, -0.25) is 4.79 Å². The third kappa shape index (κ3) is 4.14. The summed E-state index contributed by atoms with van der Waals surface area (Å²) in [7, 11) is 0. The standard InChI is InChI=1S/C18H22F4N2O/c19-16-11-13(1-2-15(16)12-3-7-23-8-4-12)17(25)24-9-5-14(6-10-24)18(20,21)22/h1-2,11-12,14,23H,3-10H2. The highest BCUT2D eigenvalue weighted by Crippen LogP contribution is 2.34. The Bertz CT molecular complexity index is 618. The Labute approximate surface area is 144 Å². The van der Waals surface area contributed by atoms with E-state index in [9.17, 15) is 22.4 Å². The van der Waals surface area contributed by atoms with Gasteiger partial charge in [0.1, 0.15) is 5.82 Å². The Morgan fingerprint density at radius 2 is 1.72 bits per heavy atom. The van der Waals surface area contributed by atoms with Crippen LogP contribution in [0.5, 0.6) is 0 Å². The lowest BCUT2D eigenvalue weighted by atomic mass is 9.89. The molecular formula is C18H22F4N2O. The van der Waals surface area contributed by atoms with Gasteiger partial charge in [0, 0.05) is 18.7 Å². The fraction of sp³-hybridized carbons (Fsp3) is 0.611. The van der Waals surface area contributed by atoms with E-state index < -0.39 is 23.8 Å². The summed E-state index contributed by atoms with van der Waals surface area (Å²) in [6.45, 7) is 1.80. The van der Waals surface area contributed by atoms with Crippen molar-refractivity contribution in [1.82, 2.24) is 10.2 Å². The molecule has 0 atom stereocenters. The highest BCUT2D eigenvalue weighted by Gasteiger charge is 2.41. The van der Waals surface area contributed by atoms with Gasteiger partial charge >= 0.3 is 6.18 Å². The van der Waals surface area contributed by atoms with Crippen LogP contribution < -0.4 is 5.32 Å². The maximum Gasteiger partial charge on any atom is 0.391 e. The number of halogens is 4. The van der Waals surface area contributed by atoms with Crippen LogP contribution in [0.2, 0.25) is 0 Å². The molecule has 0 aliphatic carbocycles. The third-order valence-corrected chi connectivity index (χ3v) is 5.27. The SMILES string of the molecule is O=C(c1ccc(C2CCNCC2)c(F)c1)N1CCC(C(F)(F)F)CC1. The minimum atomic E-state index is -4.21. The van der Waals surface area contributed by atoms with E-state index in [1.807, 2.05) is 0 Å². The summed E-state index contributed by atoms with van der Waals surface area (Å²) in [5, 5.41) is 3.23. The molecule has 0 unspecified atom stereocenters. The number of nitrogens with zero attached hydrogens (tertiary/aromatic N) is 1. The van der Waals surface area contributed by atoms with Crippen molar-refractivity contribution in [1.29, 1.82) is 0 Å². The molecule has 1 aromatic rings. The van der Waals surface area contributed by atoms with Crippen LogP contribution in [0, 0.1) is 11.7 Å². The van der Waals surface area contributed by atoms with E-state index in [0.717, 1.165) is 25.9 Å². The zero-order chi connectivity index (χ0) is 18.0. The number of amides is 1. The summed E-state index contributed by atoms with van der Waals surface area (Å²) in [6.07, 6.45) is -2.68. The molecule has 1 aromatic carbocycles. The minimum absolute atomic E-state index is 0.0562. The average Bonchev–Trinajstić information content (AvgIpc) is 2.61. The number of carbonyl (C=O) groups is 1. The molecule has 0 spiro atoms. The Hall–Kier alpha value is -1.63. The number of hydrogen-bond acceptors (Lipinski definition) is 2. The molecule has 0 aromatic heterocycles. The summed E-state index contributed by atoms with van der Waals surface area (Å²) in [4.78, 5) is 13.9. The number of carbonyl (C=O) groups excluding carboxylic acids is 1. The van der Waals surface area contributed by atoms with Crippen LogP contribution in [-0.4, -0.2) is 43.2 Å². The molecule has 3 nitrogen and oxygen atoms in total. The number of benzene rings is 1. The zero-order valence-electron chi connectivity index (χ0n) is 13.9. The van der Waals surface area contributed by atoms with Crippen molar-refractivity contribution >= 4 is 5.91 Å². The second kappa shape index (κ2) is 7.32. The van der Waals surface area contributed by atoms with E-state index >= 15 is 0 Å². The predicted molar refractivity (Wildman–Crippen MR) is 85.9 cm³/mol. The number of likely N-dealkylation sites (tertiary alicyclic amines) is 1. The van der Waals surface area contributed by atoms with Crippen molar-refractivity contribution in [2.45, 2.75) is 37.8 Å². The molecule has 0 radical (unpaired) electrons. The summed E-state index contributed by atoms with van der Waals surface area (Å²) in [5.74, 6) is -2.00. The summed E-state index contributed by atoms with van der Waals surface area (Å²) in [6, 6.07) is 4.48. The van der Waals surface area contributed by atoms with E-state index in [4.69, 9.17) is 0 Å². The largest absolute Gasteiger partial charge is 0.391 e. The molecule has 2 heterocycles. The van der Waals surface area contributed by atoms with E-state index in [1.165, 1.54) is 11.0 Å². The van der Waals surface area contributed by atoms with Crippen molar-refractivity contribution in [3.63, 3.8) is 0 Å². The van der Waals surface area contributed by atoms with Gasteiger partial charge in [-0.05, 0) is 62.4 Å². The van der Waals surface area contributed by atoms with E-state index in [0.29, 0.717) is 5.56 Å². The Balaban J connectivity index is 1.66. The van der Waals surface area contributed by atoms with Crippen molar-refractivity contribution in [3.05, 3.63) is 35.1 Å². The normalized spacial score (nSPS) is 20.7. The summed E-state index contributed by atoms with van der Waals surface area (Å²) >= 11 is 0. The highest BCUT2D eigenvalue weighted by molar-refractivity contribution is 5.94. The second-order valence-corrected chi connectivity index (χ2v) is 6.87. The van der Waals surface area contributed by atoms with Gasteiger partial charge in [-0.1, -0.05) is 6.07 Å². The molecular weight excluding hydrogens is 336 g/mol. The number of nitrogens with one attached hydrogen (secondary N) is 1. The van der Waals surface area contributed by atoms with Gasteiger partial charge < -0.3 is 10.2 Å². The summed E-state index contributed by atoms with van der Waals surface area (Å²) < 4.78 is 52.6. The van der Waals surface area contributed by atoms with Gasteiger partial charge in [-0.25, -0.2) is 4.39 Å². The maximum absolute atomic E-state index is 14.4. The van der Waals surface area contributed by atoms with Gasteiger partial charge in [0.15, 0.2) is 0 Å². The van der Waals surface area contributed by atoms with Gasteiger partial charge in [-0.15, -0.1) is 0 Å². The lowest BCUT2D eigenvalue weighted by molar-refractivity contribution is -0.183. The summed E-state index contributed by atoms with van der Waals surface area (Å²) in [5.41, 5.74) is 0.828. The second-order valence-electron chi connectivity index (χ2n) is 6.87. The molecule has 2 fully saturated rings. The van der Waals surface area contributed by atoms with E-state index in [-0.39, 0.29) is 37.4 Å². The average molecular weight is 358 g/mol. The number of hydrogen-bond donors (Lipinski definition) is 1. The van der Waals surface area contributed by atoms with Crippen molar-refractivity contribution < 1.29 is 22.4 Å². The first kappa shape index (κ1) is 18.2. The van der Waals surface area contributed by atoms with Gasteiger partial charge in [0.2, 0.25) is 0 Å². The molecule has 1 N–H and O–H groups in total. The lowest BCUT2D eigenvalue weighted by Crippen LogP contribution is -2.42. The molecule has 0 saturated carbocycles. The molecule has 7 heteroatoms. The molecule has 1 amide bonds. The first-order valence-electron chi connectivity index (χ1n) is 8.72. The molecule has 0 bridgehead atoms. The van der Waals surface area contributed by atoms with Crippen LogP contribution >= 0.6 is 0 Å². The Morgan fingerprint density at radius 1 is 1.08 bits per heavy atom. The van der Waals surface area contributed by atoms with Gasteiger partial charge in [0.25, 0.3) is 5.91 Å². The Morgan fingerprint density at radius 3 is 2.28 bits per heavy atom. The number of alkyl halides is 3. The van der Waals surface area contributed by atoms with Crippen LogP contribution in [0.1, 0.15) is 47.5 Å². The van der Waals surface area contributed by atoms with Crippen LogP contribution in [0.3, 0.4) is 0 Å². The quantitative estimate of drug-likeness (QED) is 0.818. The molecule has 2 aliphatic rings. The first-order valence-corrected chi connectivity index (χ1v) is 8.72. The minimum Gasteiger partial charge on any atom is -0.339 e. The van der Waals surface area contributed by atoms with E-state index in [1.54, 1.807) is 12.1 Å². The number of piperidine rings is 2. The maximum atomic E-state index is 14.4. The van der Waals surface area contributed by atoms with Crippen molar-refractivity contribution in [3.8, 4) is 0 Å². The fourth-order valence-corrected chi connectivity index (χ4v) is 3.72. The molecule has 138 valence electrons. The lowest BCUT2D eigenvalue weighted by Gasteiger charge is -2.33. The van der Waals surface area contributed by atoms with Crippen LogP contribution in [-0.2, 0) is 0 Å². The molecule has 2 aliphatic heterocycles. The van der Waals surface area contributed by atoms with Crippen molar-refractivity contribution in [2.24, 2.45) is 5.92 Å². The smallest absolute Gasteiger partial charge is 0.339 e. The van der Waals surface area contributed by atoms with Gasteiger partial charge in [0.05, 0.1) is 5.92 Å². The van der Waals surface area contributed by atoms with Crippen LogP contribution in [0.15, 0.2) is 18.2 Å². The zero-order valence-corrected chi connectivity index (χ0v) is 13.9. The fourth-order valence-electron chi connectivity index (χ4n) is 3.72. The molecule has 3 rings (SSSR count). The van der Waals surface area contributed by atoms with E-state index in [2.05, 4.69) is 5.32 Å². The Kier molecular flexibility index (Phi) is 5.32. The van der Waals surface area contributed by atoms with Crippen LogP contribution in [0.4, 0.5) is 17.6 Å². The van der Waals surface area contributed by atoms with Crippen molar-refractivity contribution in [2.75, 3.05) is 26.2 Å². The molecule has 25 heavy (non-hydrogen) atoms.